The molecular weight excluding hydrogens is 362 g/mol. The van der Waals surface area contributed by atoms with Gasteiger partial charge in [0, 0.05) is 5.39 Å². The van der Waals surface area contributed by atoms with Crippen LogP contribution in [0, 0.1) is 6.92 Å². The Bertz CT molecular complexity index is 1000. The predicted molar refractivity (Wildman–Crippen MR) is 118 cm³/mol. The number of ether oxygens (including phenoxy) is 2. The topological polar surface area (TPSA) is 47.6 Å². The first-order chi connectivity index (χ1) is 13.9. The summed E-state index contributed by atoms with van der Waals surface area (Å²) in [5, 5.41) is 5.15. The van der Waals surface area contributed by atoms with E-state index in [9.17, 15) is 4.79 Å². The molecule has 0 saturated heterocycles. The van der Waals surface area contributed by atoms with Gasteiger partial charge in [0.05, 0.1) is 13.2 Å². The van der Waals surface area contributed by atoms with Crippen molar-refractivity contribution in [2.45, 2.75) is 39.7 Å². The summed E-state index contributed by atoms with van der Waals surface area (Å²) in [7, 11) is 1.69. The van der Waals surface area contributed by atoms with Crippen LogP contribution in [0.1, 0.15) is 49.4 Å². The van der Waals surface area contributed by atoms with E-state index in [0.717, 1.165) is 33.2 Å². The first kappa shape index (κ1) is 20.7. The zero-order valence-corrected chi connectivity index (χ0v) is 17.8. The Labute approximate surface area is 172 Å². The number of amides is 1. The fourth-order valence-corrected chi connectivity index (χ4v) is 3.64. The maximum Gasteiger partial charge on any atom is 0.258 e. The minimum absolute atomic E-state index is 0.0232. The molecule has 3 rings (SSSR count). The van der Waals surface area contributed by atoms with Crippen molar-refractivity contribution in [3.8, 4) is 11.5 Å². The summed E-state index contributed by atoms with van der Waals surface area (Å²) < 4.78 is 11.3. The Balaban J connectivity index is 1.70. The van der Waals surface area contributed by atoms with Crippen LogP contribution in [0.2, 0.25) is 0 Å². The highest BCUT2D eigenvalue weighted by atomic mass is 16.5. The summed E-state index contributed by atoms with van der Waals surface area (Å²) in [5.74, 6) is 1.79. The Kier molecular flexibility index (Phi) is 6.42. The molecule has 0 radical (unpaired) electrons. The summed E-state index contributed by atoms with van der Waals surface area (Å²) in [6.45, 7) is 8.28. The third-order valence-electron chi connectivity index (χ3n) is 5.19. The van der Waals surface area contributed by atoms with Crippen LogP contribution in [-0.4, -0.2) is 19.6 Å². The smallest absolute Gasteiger partial charge is 0.258 e. The first-order valence-corrected chi connectivity index (χ1v) is 9.99. The van der Waals surface area contributed by atoms with Gasteiger partial charge in [-0.15, -0.1) is 0 Å². The van der Waals surface area contributed by atoms with Crippen LogP contribution in [-0.2, 0) is 4.79 Å². The van der Waals surface area contributed by atoms with Gasteiger partial charge >= 0.3 is 0 Å². The van der Waals surface area contributed by atoms with E-state index < -0.39 is 0 Å². The molecule has 0 spiro atoms. The van der Waals surface area contributed by atoms with Gasteiger partial charge in [-0.25, -0.2) is 0 Å². The van der Waals surface area contributed by atoms with E-state index in [1.54, 1.807) is 7.11 Å². The van der Waals surface area contributed by atoms with E-state index in [1.165, 1.54) is 0 Å². The van der Waals surface area contributed by atoms with Crippen molar-refractivity contribution in [3.05, 3.63) is 71.3 Å². The number of carbonyl (C=O) groups is 1. The molecule has 0 unspecified atom stereocenters. The minimum Gasteiger partial charge on any atom is -0.496 e. The second kappa shape index (κ2) is 8.99. The van der Waals surface area contributed by atoms with E-state index in [4.69, 9.17) is 9.47 Å². The molecule has 4 nitrogen and oxygen atoms in total. The normalized spacial score (nSPS) is 12.1. The molecule has 3 aromatic rings. The van der Waals surface area contributed by atoms with Gasteiger partial charge in [-0.2, -0.15) is 0 Å². The molecule has 0 aromatic heterocycles. The zero-order valence-electron chi connectivity index (χ0n) is 17.8. The van der Waals surface area contributed by atoms with Crippen LogP contribution in [0.3, 0.4) is 0 Å². The van der Waals surface area contributed by atoms with Gasteiger partial charge in [0.1, 0.15) is 11.5 Å². The molecule has 0 bridgehead atoms. The van der Waals surface area contributed by atoms with Crippen molar-refractivity contribution in [1.29, 1.82) is 0 Å². The van der Waals surface area contributed by atoms with E-state index in [0.29, 0.717) is 11.7 Å². The van der Waals surface area contributed by atoms with Crippen molar-refractivity contribution in [1.82, 2.24) is 5.32 Å². The first-order valence-electron chi connectivity index (χ1n) is 9.99. The Hall–Kier alpha value is -3.01. The standard InChI is InChI=1S/C25H29NO3/c1-16(2)21-14-22(17(3)13-24(21)28-5)18(4)26-25(27)15-29-23-12-8-10-19-9-6-7-11-20(19)23/h6-14,16,18H,15H2,1-5H3,(H,26,27)/t18-/m0/s1. The van der Waals surface area contributed by atoms with Crippen molar-refractivity contribution >= 4 is 16.7 Å². The Morgan fingerprint density at radius 2 is 1.69 bits per heavy atom. The number of benzene rings is 3. The Morgan fingerprint density at radius 3 is 2.41 bits per heavy atom. The number of rotatable bonds is 7. The van der Waals surface area contributed by atoms with Crippen molar-refractivity contribution in [3.63, 3.8) is 0 Å². The number of aryl methyl sites for hydroxylation is 1. The molecule has 152 valence electrons. The van der Waals surface area contributed by atoms with Gasteiger partial charge in [-0.05, 0) is 60.0 Å². The fourth-order valence-electron chi connectivity index (χ4n) is 3.64. The van der Waals surface area contributed by atoms with Gasteiger partial charge in [0.25, 0.3) is 5.91 Å². The molecule has 0 aliphatic carbocycles. The lowest BCUT2D eigenvalue weighted by molar-refractivity contribution is -0.123. The SMILES string of the molecule is COc1cc(C)c([C@H](C)NC(=O)COc2cccc3ccccc23)cc1C(C)C. The third-order valence-corrected chi connectivity index (χ3v) is 5.19. The number of fused-ring (bicyclic) bond motifs is 1. The van der Waals surface area contributed by atoms with Gasteiger partial charge in [-0.1, -0.05) is 50.2 Å². The molecule has 0 heterocycles. The van der Waals surface area contributed by atoms with Gasteiger partial charge in [-0.3, -0.25) is 4.79 Å². The molecular formula is C25H29NO3. The number of hydrogen-bond donors (Lipinski definition) is 1. The maximum absolute atomic E-state index is 12.5. The summed E-state index contributed by atoms with van der Waals surface area (Å²) in [4.78, 5) is 12.5. The number of hydrogen-bond acceptors (Lipinski definition) is 3. The molecule has 29 heavy (non-hydrogen) atoms. The number of methoxy groups -OCH3 is 1. The van der Waals surface area contributed by atoms with Gasteiger partial charge in [0.2, 0.25) is 0 Å². The largest absolute Gasteiger partial charge is 0.496 e. The molecule has 0 aliphatic heterocycles. The molecule has 0 saturated carbocycles. The number of carbonyl (C=O) groups excluding carboxylic acids is 1. The molecule has 4 heteroatoms. The van der Waals surface area contributed by atoms with Gasteiger partial charge < -0.3 is 14.8 Å². The monoisotopic (exact) mass is 391 g/mol. The van der Waals surface area contributed by atoms with E-state index >= 15 is 0 Å². The third kappa shape index (κ3) is 4.70. The maximum atomic E-state index is 12.5. The summed E-state index contributed by atoms with van der Waals surface area (Å²) >= 11 is 0. The summed E-state index contributed by atoms with van der Waals surface area (Å²) in [6, 6.07) is 17.9. The van der Waals surface area contributed by atoms with Crippen molar-refractivity contribution in [2.24, 2.45) is 0 Å². The van der Waals surface area contributed by atoms with E-state index in [1.807, 2.05) is 62.4 Å². The lowest BCUT2D eigenvalue weighted by atomic mass is 9.93. The highest BCUT2D eigenvalue weighted by Crippen LogP contribution is 2.32. The van der Waals surface area contributed by atoms with E-state index in [-0.39, 0.29) is 18.6 Å². The van der Waals surface area contributed by atoms with Crippen LogP contribution >= 0.6 is 0 Å². The molecule has 1 atom stereocenters. The van der Waals surface area contributed by atoms with Crippen LogP contribution in [0.4, 0.5) is 0 Å². The average Bonchev–Trinajstić information content (AvgIpc) is 2.71. The lowest BCUT2D eigenvalue weighted by Crippen LogP contribution is -2.31. The molecule has 0 aliphatic rings. The highest BCUT2D eigenvalue weighted by molar-refractivity contribution is 5.88. The number of nitrogens with one attached hydrogen (secondary N) is 1. The van der Waals surface area contributed by atoms with E-state index in [2.05, 4.69) is 25.2 Å². The second-order valence-corrected chi connectivity index (χ2v) is 7.66. The zero-order chi connectivity index (χ0) is 21.0. The van der Waals surface area contributed by atoms with Gasteiger partial charge in [0.15, 0.2) is 6.61 Å². The molecule has 3 aromatic carbocycles. The molecule has 1 N–H and O–H groups in total. The minimum atomic E-state index is -0.147. The summed E-state index contributed by atoms with van der Waals surface area (Å²) in [6.07, 6.45) is 0. The van der Waals surface area contributed by atoms with Crippen molar-refractivity contribution < 1.29 is 14.3 Å². The quantitative estimate of drug-likeness (QED) is 0.575. The predicted octanol–water partition coefficient (Wildman–Crippen LogP) is 5.54. The highest BCUT2D eigenvalue weighted by Gasteiger charge is 2.17. The van der Waals surface area contributed by atoms with Crippen molar-refractivity contribution in [2.75, 3.05) is 13.7 Å². The van der Waals surface area contributed by atoms with Crippen LogP contribution in [0.25, 0.3) is 10.8 Å². The second-order valence-electron chi connectivity index (χ2n) is 7.66. The summed E-state index contributed by atoms with van der Waals surface area (Å²) in [5.41, 5.74) is 3.32. The Morgan fingerprint density at radius 1 is 0.966 bits per heavy atom. The molecule has 1 amide bonds. The average molecular weight is 392 g/mol. The fraction of sp³-hybridized carbons (Fsp3) is 0.320. The van der Waals surface area contributed by atoms with Crippen LogP contribution in [0.5, 0.6) is 11.5 Å². The van der Waals surface area contributed by atoms with Crippen LogP contribution < -0.4 is 14.8 Å². The molecule has 0 fully saturated rings. The lowest BCUT2D eigenvalue weighted by Gasteiger charge is -2.21. The van der Waals surface area contributed by atoms with Crippen LogP contribution in [0.15, 0.2) is 54.6 Å².